The van der Waals surface area contributed by atoms with Crippen molar-refractivity contribution < 1.29 is 4.79 Å². The van der Waals surface area contributed by atoms with E-state index >= 15 is 0 Å². The van der Waals surface area contributed by atoms with Gasteiger partial charge in [0, 0.05) is 39.6 Å². The molecule has 2 aromatic heterocycles. The minimum atomic E-state index is -0.0676. The van der Waals surface area contributed by atoms with Crippen LogP contribution in [0, 0.1) is 0 Å². The third-order valence-corrected chi connectivity index (χ3v) is 4.65. The first-order valence-corrected chi connectivity index (χ1v) is 8.11. The molecule has 0 aliphatic heterocycles. The third kappa shape index (κ3) is 2.59. The summed E-state index contributed by atoms with van der Waals surface area (Å²) in [5, 5.41) is 5.04. The normalized spacial score (nSPS) is 17.0. The fourth-order valence-corrected chi connectivity index (χ4v) is 3.50. The number of H-pyrrole nitrogens is 1. The van der Waals surface area contributed by atoms with Gasteiger partial charge in [0.05, 0.1) is 6.04 Å². The topological polar surface area (TPSA) is 57.8 Å². The summed E-state index contributed by atoms with van der Waals surface area (Å²) in [4.78, 5) is 19.8. The van der Waals surface area contributed by atoms with E-state index in [4.69, 9.17) is 11.6 Å². The Morgan fingerprint density at radius 2 is 2.09 bits per heavy atom. The molecule has 0 fully saturated rings. The second kappa shape index (κ2) is 5.70. The highest BCUT2D eigenvalue weighted by Crippen LogP contribution is 2.35. The van der Waals surface area contributed by atoms with Crippen LogP contribution in [0.3, 0.4) is 0 Å². The van der Waals surface area contributed by atoms with Gasteiger partial charge < -0.3 is 10.3 Å². The number of aryl methyl sites for hydroxylation is 1. The number of aromatic nitrogens is 2. The van der Waals surface area contributed by atoms with E-state index in [0.717, 1.165) is 40.9 Å². The number of aromatic amines is 1. The molecule has 0 radical (unpaired) electrons. The lowest BCUT2D eigenvalue weighted by molar-refractivity contribution is 0.0932. The molecule has 1 atom stereocenters. The van der Waals surface area contributed by atoms with Crippen LogP contribution >= 0.6 is 11.6 Å². The zero-order valence-electron chi connectivity index (χ0n) is 12.5. The van der Waals surface area contributed by atoms with Crippen molar-refractivity contribution in [1.82, 2.24) is 15.3 Å². The molecule has 0 saturated heterocycles. The standard InChI is InChI=1S/C18H16ClN3O/c19-12-4-5-15-14(10-12)13-2-1-3-16(17(13)21-15)22-18(23)11-6-8-20-9-7-11/h4-10,16,21H,1-3H2,(H,22,23)/t16-/m1/s1. The van der Waals surface area contributed by atoms with E-state index in [1.165, 1.54) is 5.56 Å². The zero-order valence-corrected chi connectivity index (χ0v) is 13.2. The van der Waals surface area contributed by atoms with E-state index in [9.17, 15) is 4.79 Å². The number of carbonyl (C=O) groups excluding carboxylic acids is 1. The summed E-state index contributed by atoms with van der Waals surface area (Å²) in [6.45, 7) is 0. The lowest BCUT2D eigenvalue weighted by Crippen LogP contribution is -2.31. The fourth-order valence-electron chi connectivity index (χ4n) is 3.32. The molecule has 0 unspecified atom stereocenters. The minimum absolute atomic E-state index is 0.00518. The molecule has 0 spiro atoms. The predicted molar refractivity (Wildman–Crippen MR) is 90.7 cm³/mol. The van der Waals surface area contributed by atoms with Gasteiger partial charge in [0.25, 0.3) is 5.91 Å². The molecule has 4 rings (SSSR count). The Bertz CT molecular complexity index is 873. The first kappa shape index (κ1) is 14.3. The van der Waals surface area contributed by atoms with Crippen LogP contribution in [0.15, 0.2) is 42.7 Å². The van der Waals surface area contributed by atoms with E-state index in [1.54, 1.807) is 24.5 Å². The Morgan fingerprint density at radius 1 is 1.26 bits per heavy atom. The smallest absolute Gasteiger partial charge is 0.251 e. The molecule has 1 aromatic carbocycles. The number of rotatable bonds is 2. The van der Waals surface area contributed by atoms with E-state index in [0.29, 0.717) is 5.56 Å². The number of amides is 1. The largest absolute Gasteiger partial charge is 0.356 e. The van der Waals surface area contributed by atoms with Gasteiger partial charge >= 0.3 is 0 Å². The van der Waals surface area contributed by atoms with Crippen molar-refractivity contribution >= 4 is 28.4 Å². The van der Waals surface area contributed by atoms with Gasteiger partial charge in [-0.25, -0.2) is 0 Å². The first-order valence-electron chi connectivity index (χ1n) is 7.73. The predicted octanol–water partition coefficient (Wildman–Crippen LogP) is 4.02. The maximum atomic E-state index is 12.4. The molecule has 1 amide bonds. The number of benzene rings is 1. The van der Waals surface area contributed by atoms with Crippen LogP contribution in [0.2, 0.25) is 5.02 Å². The highest BCUT2D eigenvalue weighted by molar-refractivity contribution is 6.31. The average Bonchev–Trinajstić information content (AvgIpc) is 2.95. The quantitative estimate of drug-likeness (QED) is 0.747. The van der Waals surface area contributed by atoms with Crippen LogP contribution in [0.4, 0.5) is 0 Å². The first-order chi connectivity index (χ1) is 11.2. The number of halogens is 1. The summed E-state index contributed by atoms with van der Waals surface area (Å²) in [5.74, 6) is -0.0676. The molecule has 0 saturated carbocycles. The van der Waals surface area contributed by atoms with Crippen LogP contribution in [-0.4, -0.2) is 15.9 Å². The van der Waals surface area contributed by atoms with Gasteiger partial charge in [-0.15, -0.1) is 0 Å². The van der Waals surface area contributed by atoms with Gasteiger partial charge in [0.15, 0.2) is 0 Å². The maximum Gasteiger partial charge on any atom is 0.251 e. The Labute approximate surface area is 138 Å². The molecular weight excluding hydrogens is 310 g/mol. The van der Waals surface area contributed by atoms with Crippen LogP contribution in [-0.2, 0) is 6.42 Å². The highest BCUT2D eigenvalue weighted by atomic mass is 35.5. The number of hydrogen-bond acceptors (Lipinski definition) is 2. The van der Waals surface area contributed by atoms with E-state index < -0.39 is 0 Å². The average molecular weight is 326 g/mol. The van der Waals surface area contributed by atoms with E-state index in [1.807, 2.05) is 18.2 Å². The van der Waals surface area contributed by atoms with Crippen molar-refractivity contribution in [3.63, 3.8) is 0 Å². The van der Waals surface area contributed by atoms with Gasteiger partial charge in [-0.05, 0) is 55.2 Å². The van der Waals surface area contributed by atoms with Crippen LogP contribution in [0.5, 0.6) is 0 Å². The molecule has 0 bridgehead atoms. The summed E-state index contributed by atoms with van der Waals surface area (Å²) in [6, 6.07) is 9.34. The van der Waals surface area contributed by atoms with Crippen molar-refractivity contribution in [2.45, 2.75) is 25.3 Å². The molecule has 3 aromatic rings. The SMILES string of the molecule is O=C(N[C@@H]1CCCc2c1[nH]c1ccc(Cl)cc21)c1ccncc1. The Balaban J connectivity index is 1.68. The number of hydrogen-bond donors (Lipinski definition) is 2. The zero-order chi connectivity index (χ0) is 15.8. The van der Waals surface area contributed by atoms with E-state index in [-0.39, 0.29) is 11.9 Å². The van der Waals surface area contributed by atoms with Crippen LogP contribution < -0.4 is 5.32 Å². The summed E-state index contributed by atoms with van der Waals surface area (Å²) in [5.41, 5.74) is 4.08. The number of pyridine rings is 1. The van der Waals surface area contributed by atoms with Crippen LogP contribution in [0.1, 0.15) is 40.5 Å². The van der Waals surface area contributed by atoms with Crippen LogP contribution in [0.25, 0.3) is 10.9 Å². The highest BCUT2D eigenvalue weighted by Gasteiger charge is 2.25. The van der Waals surface area contributed by atoms with Gasteiger partial charge in [-0.1, -0.05) is 11.6 Å². The lowest BCUT2D eigenvalue weighted by Gasteiger charge is -2.23. The lowest BCUT2D eigenvalue weighted by atomic mass is 9.91. The molecule has 2 heterocycles. The number of nitrogens with zero attached hydrogens (tertiary/aromatic N) is 1. The number of fused-ring (bicyclic) bond motifs is 3. The molecule has 5 heteroatoms. The summed E-state index contributed by atoms with van der Waals surface area (Å²) in [7, 11) is 0. The molecule has 2 N–H and O–H groups in total. The Hall–Kier alpha value is -2.33. The molecule has 4 nitrogen and oxygen atoms in total. The van der Waals surface area contributed by atoms with Crippen molar-refractivity contribution in [2.75, 3.05) is 0 Å². The fraction of sp³-hybridized carbons (Fsp3) is 0.222. The van der Waals surface area contributed by atoms with Gasteiger partial charge in [0.1, 0.15) is 0 Å². The van der Waals surface area contributed by atoms with Gasteiger partial charge in [0.2, 0.25) is 0 Å². The van der Waals surface area contributed by atoms with Gasteiger partial charge in [-0.2, -0.15) is 0 Å². The Kier molecular flexibility index (Phi) is 3.54. The molecule has 1 aliphatic carbocycles. The van der Waals surface area contributed by atoms with Crippen molar-refractivity contribution in [3.8, 4) is 0 Å². The number of nitrogens with one attached hydrogen (secondary N) is 2. The maximum absolute atomic E-state index is 12.4. The van der Waals surface area contributed by atoms with Crippen molar-refractivity contribution in [2.24, 2.45) is 0 Å². The monoisotopic (exact) mass is 325 g/mol. The minimum Gasteiger partial charge on any atom is -0.356 e. The summed E-state index contributed by atoms with van der Waals surface area (Å²) < 4.78 is 0. The summed E-state index contributed by atoms with van der Waals surface area (Å²) >= 11 is 6.13. The molecular formula is C18H16ClN3O. The third-order valence-electron chi connectivity index (χ3n) is 4.42. The van der Waals surface area contributed by atoms with Gasteiger partial charge in [-0.3, -0.25) is 9.78 Å². The molecule has 1 aliphatic rings. The molecule has 116 valence electrons. The van der Waals surface area contributed by atoms with E-state index in [2.05, 4.69) is 15.3 Å². The summed E-state index contributed by atoms with van der Waals surface area (Å²) in [6.07, 6.45) is 6.26. The van der Waals surface area contributed by atoms with Crippen molar-refractivity contribution in [3.05, 3.63) is 64.6 Å². The second-order valence-electron chi connectivity index (χ2n) is 5.86. The second-order valence-corrected chi connectivity index (χ2v) is 6.30. The van der Waals surface area contributed by atoms with Crippen molar-refractivity contribution in [1.29, 1.82) is 0 Å². The molecule has 23 heavy (non-hydrogen) atoms. The Morgan fingerprint density at radius 3 is 2.91 bits per heavy atom. The number of carbonyl (C=O) groups is 1.